The predicted octanol–water partition coefficient (Wildman–Crippen LogP) is 1.49. The van der Waals surface area contributed by atoms with Gasteiger partial charge in [0.2, 0.25) is 0 Å². The lowest BCUT2D eigenvalue weighted by Gasteiger charge is -2.17. The molecule has 0 aromatic heterocycles. The van der Waals surface area contributed by atoms with Crippen LogP contribution in [-0.4, -0.2) is 31.9 Å². The molecule has 0 heterocycles. The van der Waals surface area contributed by atoms with Gasteiger partial charge in [0.05, 0.1) is 13.0 Å². The van der Waals surface area contributed by atoms with Crippen molar-refractivity contribution < 1.29 is 19.4 Å². The maximum Gasteiger partial charge on any atom is 0.305 e. The van der Waals surface area contributed by atoms with Gasteiger partial charge in [-0.05, 0) is 11.1 Å². The third-order valence-corrected chi connectivity index (χ3v) is 2.71. The molecule has 0 aliphatic carbocycles. The van der Waals surface area contributed by atoms with Gasteiger partial charge in [0.25, 0.3) is 0 Å². The van der Waals surface area contributed by atoms with E-state index in [-0.39, 0.29) is 12.5 Å². The van der Waals surface area contributed by atoms with Crippen LogP contribution in [0.1, 0.15) is 29.7 Å². The molecule has 0 aliphatic heterocycles. The van der Waals surface area contributed by atoms with Crippen molar-refractivity contribution in [1.29, 1.82) is 0 Å². The van der Waals surface area contributed by atoms with Crippen LogP contribution in [-0.2, 0) is 14.3 Å². The molecular formula is C13H19NO4. The highest BCUT2D eigenvalue weighted by atomic mass is 16.5. The molecule has 3 N–H and O–H groups in total. The number of hydrogen-bond donors (Lipinski definition) is 2. The first-order valence-corrected chi connectivity index (χ1v) is 5.67. The van der Waals surface area contributed by atoms with Crippen LogP contribution in [0.2, 0.25) is 0 Å². The number of hydrogen-bond acceptors (Lipinski definition) is 4. The summed E-state index contributed by atoms with van der Waals surface area (Å²) < 4.78 is 10.4. The number of ether oxygens (including phenoxy) is 2. The molecule has 100 valence electrons. The lowest BCUT2D eigenvalue weighted by Crippen LogP contribution is -2.16. The number of carboxylic acids is 1. The van der Waals surface area contributed by atoms with Crippen LogP contribution in [0.25, 0.3) is 0 Å². The molecule has 0 spiro atoms. The summed E-state index contributed by atoms with van der Waals surface area (Å²) >= 11 is 0. The Morgan fingerprint density at radius 1 is 1.39 bits per heavy atom. The molecule has 1 aromatic rings. The van der Waals surface area contributed by atoms with Crippen molar-refractivity contribution in [3.63, 3.8) is 0 Å². The number of carboxylic acid groups (broad SMARTS) is 1. The quantitative estimate of drug-likeness (QED) is 0.769. The Morgan fingerprint density at radius 2 is 2.06 bits per heavy atom. The lowest BCUT2D eigenvalue weighted by molar-refractivity contribution is -0.137. The van der Waals surface area contributed by atoms with Gasteiger partial charge >= 0.3 is 5.97 Å². The van der Waals surface area contributed by atoms with Crippen LogP contribution >= 0.6 is 0 Å². The van der Waals surface area contributed by atoms with Crippen LogP contribution < -0.4 is 5.73 Å². The van der Waals surface area contributed by atoms with E-state index in [4.69, 9.17) is 20.3 Å². The molecule has 0 saturated carbocycles. The van der Waals surface area contributed by atoms with E-state index >= 15 is 0 Å². The van der Waals surface area contributed by atoms with Gasteiger partial charge in [0, 0.05) is 20.3 Å². The molecule has 0 amide bonds. The molecular weight excluding hydrogens is 234 g/mol. The number of nitrogens with two attached hydrogens (primary N) is 1. The highest BCUT2D eigenvalue weighted by Crippen LogP contribution is 2.22. The minimum Gasteiger partial charge on any atom is -0.481 e. The second kappa shape index (κ2) is 7.10. The Bertz CT molecular complexity index is 394. The Kier molecular flexibility index (Phi) is 5.77. The van der Waals surface area contributed by atoms with Gasteiger partial charge in [-0.2, -0.15) is 0 Å². The molecule has 2 unspecified atom stereocenters. The highest BCUT2D eigenvalue weighted by Gasteiger charge is 2.14. The topological polar surface area (TPSA) is 81.8 Å². The smallest absolute Gasteiger partial charge is 0.305 e. The van der Waals surface area contributed by atoms with E-state index in [1.165, 1.54) is 0 Å². The van der Waals surface area contributed by atoms with Gasteiger partial charge in [0.1, 0.15) is 6.10 Å². The zero-order valence-corrected chi connectivity index (χ0v) is 10.6. The molecule has 1 rings (SSSR count). The Labute approximate surface area is 107 Å². The molecule has 0 saturated heterocycles. The van der Waals surface area contributed by atoms with Gasteiger partial charge < -0.3 is 20.3 Å². The number of aliphatic carboxylic acids is 1. The van der Waals surface area contributed by atoms with E-state index < -0.39 is 12.0 Å². The molecule has 18 heavy (non-hydrogen) atoms. The predicted molar refractivity (Wildman–Crippen MR) is 67.2 cm³/mol. The molecule has 5 nitrogen and oxygen atoms in total. The van der Waals surface area contributed by atoms with Crippen molar-refractivity contribution in [3.05, 3.63) is 35.4 Å². The van der Waals surface area contributed by atoms with Crippen molar-refractivity contribution in [2.24, 2.45) is 5.73 Å². The van der Waals surface area contributed by atoms with E-state index in [1.807, 2.05) is 24.3 Å². The third-order valence-electron chi connectivity index (χ3n) is 2.71. The van der Waals surface area contributed by atoms with Crippen LogP contribution in [0.15, 0.2) is 24.3 Å². The molecule has 2 atom stereocenters. The van der Waals surface area contributed by atoms with E-state index in [1.54, 1.807) is 14.2 Å². The summed E-state index contributed by atoms with van der Waals surface area (Å²) in [4.78, 5) is 10.6. The van der Waals surface area contributed by atoms with Gasteiger partial charge in [-0.15, -0.1) is 0 Å². The SMILES string of the molecule is COCC(OC)c1cccc(C(N)CC(=O)O)c1. The Balaban J connectivity index is 2.86. The fraction of sp³-hybridized carbons (Fsp3) is 0.462. The van der Waals surface area contributed by atoms with Gasteiger partial charge in [-0.25, -0.2) is 0 Å². The second-order valence-electron chi connectivity index (χ2n) is 4.05. The first-order chi connectivity index (χ1) is 8.58. The summed E-state index contributed by atoms with van der Waals surface area (Å²) in [7, 11) is 3.21. The van der Waals surface area contributed by atoms with Crippen LogP contribution in [0, 0.1) is 0 Å². The molecule has 0 fully saturated rings. The normalized spacial score (nSPS) is 14.2. The van der Waals surface area contributed by atoms with Crippen molar-refractivity contribution in [1.82, 2.24) is 0 Å². The third kappa shape index (κ3) is 4.10. The van der Waals surface area contributed by atoms with Crippen molar-refractivity contribution in [2.75, 3.05) is 20.8 Å². The maximum atomic E-state index is 10.6. The summed E-state index contributed by atoms with van der Waals surface area (Å²) in [6.45, 7) is 0.439. The average molecular weight is 253 g/mol. The maximum absolute atomic E-state index is 10.6. The van der Waals surface area contributed by atoms with Crippen molar-refractivity contribution >= 4 is 5.97 Å². The molecule has 0 aliphatic rings. The molecule has 0 radical (unpaired) electrons. The van der Waals surface area contributed by atoms with Crippen molar-refractivity contribution in [3.8, 4) is 0 Å². The number of carbonyl (C=O) groups is 1. The van der Waals surface area contributed by atoms with E-state index in [0.717, 1.165) is 11.1 Å². The molecule has 5 heteroatoms. The fourth-order valence-electron chi connectivity index (χ4n) is 1.75. The summed E-state index contributed by atoms with van der Waals surface area (Å²) in [5, 5.41) is 8.73. The van der Waals surface area contributed by atoms with E-state index in [2.05, 4.69) is 0 Å². The summed E-state index contributed by atoms with van der Waals surface area (Å²) in [5.74, 6) is -0.909. The van der Waals surface area contributed by atoms with Gasteiger partial charge in [-0.1, -0.05) is 24.3 Å². The van der Waals surface area contributed by atoms with Gasteiger partial charge in [0.15, 0.2) is 0 Å². The fourth-order valence-corrected chi connectivity index (χ4v) is 1.75. The lowest BCUT2D eigenvalue weighted by atomic mass is 10.00. The van der Waals surface area contributed by atoms with Crippen molar-refractivity contribution in [2.45, 2.75) is 18.6 Å². The summed E-state index contributed by atoms with van der Waals surface area (Å²) in [5.41, 5.74) is 7.54. The second-order valence-corrected chi connectivity index (χ2v) is 4.05. The zero-order valence-electron chi connectivity index (χ0n) is 10.6. The van der Waals surface area contributed by atoms with Gasteiger partial charge in [-0.3, -0.25) is 4.79 Å². The summed E-state index contributed by atoms with van der Waals surface area (Å²) in [6, 6.07) is 6.91. The monoisotopic (exact) mass is 253 g/mol. The Morgan fingerprint density at radius 3 is 2.61 bits per heavy atom. The first-order valence-electron chi connectivity index (χ1n) is 5.67. The van der Waals surface area contributed by atoms with Crippen LogP contribution in [0.3, 0.4) is 0 Å². The number of rotatable bonds is 7. The van der Waals surface area contributed by atoms with Crippen LogP contribution in [0.5, 0.6) is 0 Å². The minimum atomic E-state index is -0.909. The largest absolute Gasteiger partial charge is 0.481 e. The standard InChI is InChI=1S/C13H19NO4/c1-17-8-12(18-2)10-5-3-4-9(6-10)11(14)7-13(15)16/h3-6,11-12H,7-8,14H2,1-2H3,(H,15,16). The zero-order chi connectivity index (χ0) is 13.5. The summed E-state index contributed by atoms with van der Waals surface area (Å²) in [6.07, 6.45) is -0.266. The molecule has 1 aromatic carbocycles. The van der Waals surface area contributed by atoms with E-state index in [9.17, 15) is 4.79 Å². The van der Waals surface area contributed by atoms with Crippen LogP contribution in [0.4, 0.5) is 0 Å². The molecule has 0 bridgehead atoms. The van der Waals surface area contributed by atoms with E-state index in [0.29, 0.717) is 6.61 Å². The average Bonchev–Trinajstić information content (AvgIpc) is 2.35. The highest BCUT2D eigenvalue weighted by molar-refractivity contribution is 5.67. The minimum absolute atomic E-state index is 0.0919. The Hall–Kier alpha value is -1.43. The number of methoxy groups -OCH3 is 2. The first kappa shape index (κ1) is 14.6. The number of benzene rings is 1.